The summed E-state index contributed by atoms with van der Waals surface area (Å²) < 4.78 is 6.06. The Morgan fingerprint density at radius 1 is 1.00 bits per heavy atom. The molecule has 0 saturated carbocycles. The number of carboxylic acid groups (broad SMARTS) is 1. The van der Waals surface area contributed by atoms with E-state index in [4.69, 9.17) is 14.8 Å². The number of aromatic hydroxyl groups is 1. The third-order valence-corrected chi connectivity index (χ3v) is 5.03. The molecule has 2 N–H and O–H groups in total. The highest BCUT2D eigenvalue weighted by molar-refractivity contribution is 6.01. The van der Waals surface area contributed by atoms with Gasteiger partial charge in [0, 0.05) is 22.8 Å². The standard InChI is InChI=1S/C25H22N2O4/c1-14(2)23-22(17-10-11-26-15(3)12-17)20-9-6-18(28)13-21(20)24(27-23)31-19-7-4-16(5-8-19)25(29)30/h4-14,28H,1-3H3,(H,29,30). The molecule has 4 aromatic rings. The van der Waals surface area contributed by atoms with Gasteiger partial charge in [-0.15, -0.1) is 0 Å². The van der Waals surface area contributed by atoms with Gasteiger partial charge in [-0.1, -0.05) is 13.8 Å². The highest BCUT2D eigenvalue weighted by Gasteiger charge is 2.20. The first kappa shape index (κ1) is 20.3. The van der Waals surface area contributed by atoms with Crippen LogP contribution in [0.25, 0.3) is 21.9 Å². The Morgan fingerprint density at radius 3 is 2.39 bits per heavy atom. The summed E-state index contributed by atoms with van der Waals surface area (Å²) in [6.45, 7) is 6.08. The van der Waals surface area contributed by atoms with Crippen molar-refractivity contribution in [1.82, 2.24) is 9.97 Å². The molecule has 0 aliphatic heterocycles. The van der Waals surface area contributed by atoms with Gasteiger partial charge in [0.25, 0.3) is 0 Å². The molecule has 0 unspecified atom stereocenters. The van der Waals surface area contributed by atoms with Crippen molar-refractivity contribution in [1.29, 1.82) is 0 Å². The molecule has 4 rings (SSSR count). The van der Waals surface area contributed by atoms with Crippen LogP contribution in [-0.4, -0.2) is 26.2 Å². The Hall–Kier alpha value is -3.93. The molecular formula is C25H22N2O4. The summed E-state index contributed by atoms with van der Waals surface area (Å²) in [4.78, 5) is 20.2. The largest absolute Gasteiger partial charge is 0.508 e. The van der Waals surface area contributed by atoms with Crippen LogP contribution in [0.2, 0.25) is 0 Å². The highest BCUT2D eigenvalue weighted by atomic mass is 16.5. The number of hydrogen-bond acceptors (Lipinski definition) is 5. The van der Waals surface area contributed by atoms with Gasteiger partial charge in [-0.25, -0.2) is 9.78 Å². The van der Waals surface area contributed by atoms with E-state index < -0.39 is 5.97 Å². The lowest BCUT2D eigenvalue weighted by Crippen LogP contribution is -2.02. The molecule has 0 fully saturated rings. The number of aromatic carboxylic acids is 1. The van der Waals surface area contributed by atoms with E-state index >= 15 is 0 Å². The molecule has 0 atom stereocenters. The fourth-order valence-electron chi connectivity index (χ4n) is 3.57. The Balaban J connectivity index is 1.93. The number of benzene rings is 2. The fourth-order valence-corrected chi connectivity index (χ4v) is 3.57. The minimum atomic E-state index is -1.00. The number of phenols is 1. The molecule has 31 heavy (non-hydrogen) atoms. The zero-order valence-corrected chi connectivity index (χ0v) is 17.5. The summed E-state index contributed by atoms with van der Waals surface area (Å²) in [5.74, 6) is 0.0311. The third-order valence-electron chi connectivity index (χ3n) is 5.03. The predicted octanol–water partition coefficient (Wildman–Crippen LogP) is 5.92. The van der Waals surface area contributed by atoms with Crippen LogP contribution in [-0.2, 0) is 0 Å². The molecule has 6 nitrogen and oxygen atoms in total. The topological polar surface area (TPSA) is 92.5 Å². The maximum Gasteiger partial charge on any atom is 0.335 e. The van der Waals surface area contributed by atoms with Crippen LogP contribution in [0.4, 0.5) is 0 Å². The van der Waals surface area contributed by atoms with Crippen molar-refractivity contribution in [3.05, 3.63) is 77.7 Å². The summed E-state index contributed by atoms with van der Waals surface area (Å²) in [5.41, 5.74) is 3.91. The first-order valence-corrected chi connectivity index (χ1v) is 9.94. The number of aryl methyl sites for hydroxylation is 1. The fraction of sp³-hybridized carbons (Fsp3) is 0.160. The quantitative estimate of drug-likeness (QED) is 0.421. The van der Waals surface area contributed by atoms with E-state index in [1.54, 1.807) is 30.5 Å². The Labute approximate surface area is 179 Å². The first-order valence-electron chi connectivity index (χ1n) is 9.94. The average molecular weight is 414 g/mol. The van der Waals surface area contributed by atoms with Crippen molar-refractivity contribution in [2.75, 3.05) is 0 Å². The number of carboxylic acids is 1. The number of ether oxygens (including phenoxy) is 1. The number of fused-ring (bicyclic) bond motifs is 1. The predicted molar refractivity (Wildman–Crippen MR) is 119 cm³/mol. The van der Waals surface area contributed by atoms with Crippen LogP contribution >= 0.6 is 0 Å². The van der Waals surface area contributed by atoms with Crippen molar-refractivity contribution in [2.45, 2.75) is 26.7 Å². The van der Waals surface area contributed by atoms with Crippen molar-refractivity contribution in [2.24, 2.45) is 0 Å². The van der Waals surface area contributed by atoms with Gasteiger partial charge in [0.05, 0.1) is 11.3 Å². The SMILES string of the molecule is Cc1cc(-c2c(C(C)C)nc(Oc3ccc(C(=O)O)cc3)c3cc(O)ccc23)ccn1. The van der Waals surface area contributed by atoms with E-state index in [2.05, 4.69) is 18.8 Å². The third kappa shape index (κ3) is 4.05. The minimum Gasteiger partial charge on any atom is -0.508 e. The molecule has 0 spiro atoms. The van der Waals surface area contributed by atoms with E-state index in [0.29, 0.717) is 17.0 Å². The average Bonchev–Trinajstić information content (AvgIpc) is 2.74. The number of hydrogen-bond donors (Lipinski definition) is 2. The molecule has 0 radical (unpaired) electrons. The molecule has 0 aliphatic rings. The molecule has 0 bridgehead atoms. The van der Waals surface area contributed by atoms with Crippen LogP contribution in [0.3, 0.4) is 0 Å². The van der Waals surface area contributed by atoms with Crippen molar-refractivity contribution in [3.63, 3.8) is 0 Å². The van der Waals surface area contributed by atoms with Gasteiger partial charge < -0.3 is 14.9 Å². The van der Waals surface area contributed by atoms with Gasteiger partial charge in [-0.3, -0.25) is 4.98 Å². The summed E-state index contributed by atoms with van der Waals surface area (Å²) in [6, 6.07) is 15.3. The lowest BCUT2D eigenvalue weighted by Gasteiger charge is -2.19. The van der Waals surface area contributed by atoms with Crippen molar-refractivity contribution < 1.29 is 19.7 Å². The molecule has 156 valence electrons. The number of nitrogens with zero attached hydrogens (tertiary/aromatic N) is 2. The van der Waals surface area contributed by atoms with Gasteiger partial charge in [0.2, 0.25) is 5.88 Å². The van der Waals surface area contributed by atoms with Gasteiger partial charge >= 0.3 is 5.97 Å². The molecular weight excluding hydrogens is 392 g/mol. The number of pyridine rings is 2. The molecule has 2 aromatic carbocycles. The summed E-state index contributed by atoms with van der Waals surface area (Å²) in [7, 11) is 0. The molecule has 0 aliphatic carbocycles. The van der Waals surface area contributed by atoms with E-state index in [1.165, 1.54) is 12.1 Å². The van der Waals surface area contributed by atoms with Crippen LogP contribution < -0.4 is 4.74 Å². The Bertz CT molecular complexity index is 1280. The molecule has 2 aromatic heterocycles. The van der Waals surface area contributed by atoms with E-state index in [-0.39, 0.29) is 17.2 Å². The summed E-state index contributed by atoms with van der Waals surface area (Å²) in [6.07, 6.45) is 1.77. The second-order valence-electron chi connectivity index (χ2n) is 7.68. The molecule has 0 amide bonds. The second kappa shape index (κ2) is 8.07. The number of aromatic nitrogens is 2. The van der Waals surface area contributed by atoms with E-state index in [9.17, 15) is 9.90 Å². The number of carbonyl (C=O) groups is 1. The zero-order valence-electron chi connectivity index (χ0n) is 17.5. The van der Waals surface area contributed by atoms with Crippen LogP contribution in [0, 0.1) is 6.92 Å². The van der Waals surface area contributed by atoms with Crippen molar-refractivity contribution in [3.8, 4) is 28.5 Å². The van der Waals surface area contributed by atoms with Gasteiger partial charge in [0.15, 0.2) is 0 Å². The number of rotatable bonds is 5. The van der Waals surface area contributed by atoms with E-state index in [1.807, 2.05) is 25.1 Å². The smallest absolute Gasteiger partial charge is 0.335 e. The molecule has 2 heterocycles. The Morgan fingerprint density at radius 2 is 1.74 bits per heavy atom. The monoisotopic (exact) mass is 414 g/mol. The van der Waals surface area contributed by atoms with Gasteiger partial charge in [-0.05, 0) is 78.4 Å². The zero-order chi connectivity index (χ0) is 22.1. The summed E-state index contributed by atoms with van der Waals surface area (Å²) in [5, 5.41) is 20.8. The van der Waals surface area contributed by atoms with Gasteiger partial charge in [0.1, 0.15) is 11.5 Å². The van der Waals surface area contributed by atoms with Crippen LogP contribution in [0.15, 0.2) is 60.8 Å². The summed E-state index contributed by atoms with van der Waals surface area (Å²) >= 11 is 0. The lowest BCUT2D eigenvalue weighted by molar-refractivity contribution is 0.0697. The molecule has 0 saturated heterocycles. The minimum absolute atomic E-state index is 0.106. The van der Waals surface area contributed by atoms with E-state index in [0.717, 1.165) is 27.9 Å². The number of phenolic OH excluding ortho intramolecular Hbond substituents is 1. The maximum absolute atomic E-state index is 11.1. The first-order chi connectivity index (χ1) is 14.8. The lowest BCUT2D eigenvalue weighted by atomic mass is 9.92. The van der Waals surface area contributed by atoms with Crippen molar-refractivity contribution >= 4 is 16.7 Å². The normalized spacial score (nSPS) is 11.1. The molecule has 6 heteroatoms. The van der Waals surface area contributed by atoms with Crippen LogP contribution in [0.1, 0.15) is 41.5 Å². The second-order valence-corrected chi connectivity index (χ2v) is 7.68. The highest BCUT2D eigenvalue weighted by Crippen LogP contribution is 2.41. The van der Waals surface area contributed by atoms with Gasteiger partial charge in [-0.2, -0.15) is 0 Å². The van der Waals surface area contributed by atoms with Crippen LogP contribution in [0.5, 0.6) is 17.4 Å². The maximum atomic E-state index is 11.1. The Kier molecular flexibility index (Phi) is 5.29.